The Kier molecular flexibility index (Phi) is 5.26. The van der Waals surface area contributed by atoms with Crippen molar-refractivity contribution < 1.29 is 4.79 Å². The predicted octanol–water partition coefficient (Wildman–Crippen LogP) is 2.18. The normalized spacial score (nSPS) is 10.1. The van der Waals surface area contributed by atoms with Crippen LogP contribution in [0.25, 0.3) is 0 Å². The van der Waals surface area contributed by atoms with Crippen LogP contribution in [0.15, 0.2) is 23.0 Å². The van der Waals surface area contributed by atoms with Crippen LogP contribution in [0, 0.1) is 6.92 Å². The first-order valence-electron chi connectivity index (χ1n) is 5.17. The molecule has 2 aromatic rings. The van der Waals surface area contributed by atoms with E-state index in [2.05, 4.69) is 5.10 Å². The molecular weight excluding hydrogens is 299 g/mol. The monoisotopic (exact) mass is 308 g/mol. The van der Waals surface area contributed by atoms with Crippen LogP contribution in [0.5, 0.6) is 0 Å². The Labute approximate surface area is 135 Å². The summed E-state index contributed by atoms with van der Waals surface area (Å²) in [5.74, 6) is -0.406. The quantitative estimate of drug-likeness (QED) is 0.683. The van der Waals surface area contributed by atoms with Gasteiger partial charge < -0.3 is 0 Å². The minimum absolute atomic E-state index is 0. The first-order chi connectivity index (χ1) is 8.41. The van der Waals surface area contributed by atoms with Crippen LogP contribution >= 0.6 is 23.2 Å². The Bertz CT molecular complexity index is 692. The smallest absolute Gasteiger partial charge is 0.299 e. The first kappa shape index (κ1) is 16.3. The molecule has 0 aliphatic heterocycles. The molecule has 1 aromatic carbocycles. The first-order valence-corrected chi connectivity index (χ1v) is 5.92. The molecule has 0 atom stereocenters. The van der Waals surface area contributed by atoms with E-state index in [1.54, 1.807) is 20.0 Å². The van der Waals surface area contributed by atoms with E-state index in [0.717, 1.165) is 0 Å². The van der Waals surface area contributed by atoms with E-state index in [-0.39, 0.29) is 44.8 Å². The van der Waals surface area contributed by atoms with Crippen molar-refractivity contribution in [1.82, 2.24) is 9.78 Å². The third-order valence-electron chi connectivity index (χ3n) is 2.63. The number of aromatic amines is 1. The number of hydrogen-bond donors (Lipinski definition) is 1. The number of carbonyl (C=O) groups is 1. The van der Waals surface area contributed by atoms with Crippen LogP contribution in [-0.4, -0.2) is 38.6 Å². The second kappa shape index (κ2) is 6.13. The molecule has 0 unspecified atom stereocenters. The maximum atomic E-state index is 12.3. The van der Waals surface area contributed by atoms with Crippen LogP contribution in [0.2, 0.25) is 10.0 Å². The minimum Gasteiger partial charge on any atom is -0.299 e. The van der Waals surface area contributed by atoms with Crippen molar-refractivity contribution in [1.29, 1.82) is 0 Å². The molecule has 0 spiro atoms. The summed E-state index contributed by atoms with van der Waals surface area (Å²) in [5, 5.41) is 3.44. The van der Waals surface area contributed by atoms with Gasteiger partial charge in [-0.15, -0.1) is 0 Å². The minimum atomic E-state index is -0.406. The summed E-state index contributed by atoms with van der Waals surface area (Å²) in [6, 6.07) is 4.55. The Morgan fingerprint density at radius 3 is 2.42 bits per heavy atom. The van der Waals surface area contributed by atoms with Gasteiger partial charge in [0.05, 0.1) is 5.02 Å². The Morgan fingerprint density at radius 2 is 1.95 bits per heavy atom. The third kappa shape index (κ3) is 3.05. The molecule has 0 fully saturated rings. The maximum absolute atomic E-state index is 12.3. The molecule has 0 amide bonds. The number of H-pyrrole nitrogens is 1. The van der Waals surface area contributed by atoms with Crippen molar-refractivity contribution in [2.75, 3.05) is 0 Å². The number of nitrogens with one attached hydrogen (secondary N) is 1. The molecule has 1 N–H and O–H groups in total. The number of aromatic nitrogens is 2. The summed E-state index contributed by atoms with van der Waals surface area (Å²) >= 11 is 11.7. The van der Waals surface area contributed by atoms with Gasteiger partial charge in [-0.3, -0.25) is 19.4 Å². The molecule has 0 radical (unpaired) electrons. The Balaban J connectivity index is 0.00000180. The maximum Gasteiger partial charge on any atom is 2.00 e. The molecular formula is C12H10Cl2MgN2O2+2. The van der Waals surface area contributed by atoms with Crippen molar-refractivity contribution in [2.45, 2.75) is 6.92 Å². The zero-order valence-electron chi connectivity index (χ0n) is 10.5. The fraction of sp³-hybridized carbons (Fsp3) is 0.167. The fourth-order valence-electron chi connectivity index (χ4n) is 1.76. The number of benzene rings is 1. The van der Waals surface area contributed by atoms with Gasteiger partial charge in [0.15, 0.2) is 0 Å². The summed E-state index contributed by atoms with van der Waals surface area (Å²) in [7, 11) is 1.55. The molecule has 0 bridgehead atoms. The van der Waals surface area contributed by atoms with E-state index in [1.807, 2.05) is 0 Å². The molecule has 94 valence electrons. The zero-order chi connectivity index (χ0) is 13.4. The van der Waals surface area contributed by atoms with E-state index in [9.17, 15) is 9.59 Å². The Hall–Kier alpha value is -0.754. The van der Waals surface area contributed by atoms with Crippen LogP contribution in [0.4, 0.5) is 0 Å². The van der Waals surface area contributed by atoms with Gasteiger partial charge in [-0.1, -0.05) is 23.2 Å². The van der Waals surface area contributed by atoms with Gasteiger partial charge in [-0.05, 0) is 25.1 Å². The van der Waals surface area contributed by atoms with E-state index in [4.69, 9.17) is 23.2 Å². The van der Waals surface area contributed by atoms with E-state index < -0.39 is 5.78 Å². The van der Waals surface area contributed by atoms with Gasteiger partial charge in [0.1, 0.15) is 5.56 Å². The van der Waals surface area contributed by atoms with Crippen molar-refractivity contribution in [3.63, 3.8) is 0 Å². The molecule has 0 saturated heterocycles. The molecule has 1 heterocycles. The van der Waals surface area contributed by atoms with E-state index in [0.29, 0.717) is 10.7 Å². The topological polar surface area (TPSA) is 54.9 Å². The standard InChI is InChI=1S/C12H10Cl2N2O2.Mg/c1-6-10(12(18)16(2)15-6)11(17)8-4-3-7(13)5-9(8)14;/h3-5,15H,1-2H3;/q;+2. The number of rotatable bonds is 2. The van der Waals surface area contributed by atoms with Crippen LogP contribution in [0.3, 0.4) is 0 Å². The molecule has 0 aliphatic carbocycles. The molecule has 1 aromatic heterocycles. The van der Waals surface area contributed by atoms with Crippen LogP contribution in [0.1, 0.15) is 21.6 Å². The van der Waals surface area contributed by atoms with Gasteiger partial charge in [0.2, 0.25) is 5.78 Å². The number of nitrogens with zero attached hydrogens (tertiary/aromatic N) is 1. The molecule has 0 saturated carbocycles. The van der Waals surface area contributed by atoms with Gasteiger partial charge in [-0.2, -0.15) is 0 Å². The average molecular weight is 309 g/mol. The summed E-state index contributed by atoms with van der Waals surface area (Å²) in [6.07, 6.45) is 0. The van der Waals surface area contributed by atoms with Crippen molar-refractivity contribution >= 4 is 52.0 Å². The number of halogens is 2. The third-order valence-corrected chi connectivity index (χ3v) is 3.18. The number of hydrogen-bond acceptors (Lipinski definition) is 2. The summed E-state index contributed by atoms with van der Waals surface area (Å²) < 4.78 is 1.26. The zero-order valence-corrected chi connectivity index (χ0v) is 13.4. The predicted molar refractivity (Wildman–Crippen MR) is 76.4 cm³/mol. The molecule has 0 aliphatic rings. The van der Waals surface area contributed by atoms with Gasteiger partial charge in [0.25, 0.3) is 5.56 Å². The number of aryl methyl sites for hydroxylation is 2. The SMILES string of the molecule is Cc1[nH]n(C)c(=O)c1C(=O)c1ccc(Cl)cc1Cl.[Mg+2]. The van der Waals surface area contributed by atoms with E-state index >= 15 is 0 Å². The summed E-state index contributed by atoms with van der Waals surface area (Å²) in [4.78, 5) is 24.1. The molecule has 4 nitrogen and oxygen atoms in total. The molecule has 2 rings (SSSR count). The van der Waals surface area contributed by atoms with Crippen molar-refractivity contribution in [3.8, 4) is 0 Å². The van der Waals surface area contributed by atoms with Crippen molar-refractivity contribution in [3.05, 3.63) is 55.4 Å². The summed E-state index contributed by atoms with van der Waals surface area (Å²) in [5.41, 5.74) is 0.504. The van der Waals surface area contributed by atoms with Gasteiger partial charge in [0, 0.05) is 23.3 Å². The number of ketones is 1. The summed E-state index contributed by atoms with van der Waals surface area (Å²) in [6.45, 7) is 1.67. The fourth-order valence-corrected chi connectivity index (χ4v) is 2.26. The van der Waals surface area contributed by atoms with Gasteiger partial charge in [-0.25, -0.2) is 0 Å². The van der Waals surface area contributed by atoms with E-state index in [1.165, 1.54) is 16.8 Å². The average Bonchev–Trinajstić information content (AvgIpc) is 2.52. The van der Waals surface area contributed by atoms with Crippen LogP contribution in [-0.2, 0) is 7.05 Å². The van der Waals surface area contributed by atoms with Crippen LogP contribution < -0.4 is 5.56 Å². The largest absolute Gasteiger partial charge is 2.00 e. The number of carbonyl (C=O) groups excluding carboxylic acids is 1. The second-order valence-electron chi connectivity index (χ2n) is 3.93. The Morgan fingerprint density at radius 1 is 1.32 bits per heavy atom. The van der Waals surface area contributed by atoms with Gasteiger partial charge >= 0.3 is 23.1 Å². The van der Waals surface area contributed by atoms with Crippen molar-refractivity contribution in [2.24, 2.45) is 7.05 Å². The second-order valence-corrected chi connectivity index (χ2v) is 4.77. The molecule has 7 heteroatoms. The molecule has 19 heavy (non-hydrogen) atoms.